The zero-order chi connectivity index (χ0) is 89.7. The highest BCUT2D eigenvalue weighted by Crippen LogP contribution is 2.27. The average molecular weight is 1780 g/mol. The minimum absolute atomic E-state index is 0.00593. The van der Waals surface area contributed by atoms with Crippen molar-refractivity contribution in [1.29, 1.82) is 16.2 Å². The second-order valence-corrected chi connectivity index (χ2v) is 28.5. The van der Waals surface area contributed by atoms with Gasteiger partial charge < -0.3 is 88.5 Å². The molecule has 0 saturated heterocycles. The molecule has 0 fully saturated rings. The van der Waals surface area contributed by atoms with E-state index in [2.05, 4.69) is 92.7 Å². The Morgan fingerprint density at radius 1 is 0.366 bits per heavy atom. The number of nitrogens with zero attached hydrogens (tertiary/aromatic N) is 9. The number of hydrogen-bond donors (Lipinski definition) is 14. The minimum Gasteiger partial charge on any atom is -0.480 e. The van der Waals surface area contributed by atoms with Gasteiger partial charge in [0.15, 0.2) is 19.8 Å². The Kier molecular flexibility index (Phi) is 38.4. The van der Waals surface area contributed by atoms with E-state index in [1.54, 1.807) is 118 Å². The van der Waals surface area contributed by atoms with E-state index < -0.39 is 92.2 Å². The van der Waals surface area contributed by atoms with Gasteiger partial charge in [0.25, 0.3) is 17.7 Å². The van der Waals surface area contributed by atoms with Gasteiger partial charge >= 0.3 is 48.5 Å². The van der Waals surface area contributed by atoms with E-state index in [1.807, 2.05) is 0 Å². The highest BCUT2D eigenvalue weighted by molar-refractivity contribution is 6.31. The van der Waals surface area contributed by atoms with Crippen LogP contribution >= 0.6 is 34.8 Å². The molecule has 0 radical (unpaired) electrons. The van der Waals surface area contributed by atoms with Gasteiger partial charge in [0.05, 0.1) is 0 Å². The molecular formula is C80H87Cl3F9N21O10. The molecule has 3 heterocycles. The lowest BCUT2D eigenvalue weighted by atomic mass is 10.1. The third-order valence-electron chi connectivity index (χ3n) is 16.6. The zero-order valence-corrected chi connectivity index (χ0v) is 68.4. The van der Waals surface area contributed by atoms with Crippen LogP contribution in [0.25, 0.3) is 0 Å². The maximum atomic E-state index is 12.7. The van der Waals surface area contributed by atoms with Gasteiger partial charge in [-0.1, -0.05) is 90.5 Å². The topological polar surface area (TPSA) is 449 Å². The number of hydrogen-bond acceptors (Lipinski definition) is 26. The summed E-state index contributed by atoms with van der Waals surface area (Å²) >= 11 is 17.7. The number of unbranched alkanes of at least 4 members (excludes halogenated alkanes) is 4. The zero-order valence-electron chi connectivity index (χ0n) is 66.2. The molecule has 123 heavy (non-hydrogen) atoms. The van der Waals surface area contributed by atoms with Gasteiger partial charge in [0, 0.05) is 92.1 Å². The first-order chi connectivity index (χ1) is 58.3. The number of halogens is 12. The molecule has 9 aromatic rings. The SMILES string of the molecule is CC(=N)CCCCCNC(=O)c1ccc(Nc2nc(NCc3ccc(Cl)cc3)nc(OCC(F)(F)F)n2)cc1.CC(=N)CCCC[C@@H](NC(=O)c1ccc(Nc2nc(NCc3ccc(Cl)cc3)nc(OCC(F)(F)F)n2)cc1)C(=O)O.CC(=N)CCCC[C@H](NC(=O)c1ccc(Nc2nc(NCc3ccc(Cl)cc3)nc(OCC(F)(F)F)n2)cc1)C(=O)O. The number of ether oxygens (including phenoxy) is 3. The molecule has 0 unspecified atom stereocenters. The third-order valence-corrected chi connectivity index (χ3v) is 17.3. The third kappa shape index (κ3) is 39.0. The number of nitrogens with one attached hydrogen (secondary N) is 12. The second-order valence-electron chi connectivity index (χ2n) is 27.2. The molecular weight excluding hydrogens is 1690 g/mol. The molecule has 14 N–H and O–H groups in total. The van der Waals surface area contributed by atoms with Crippen LogP contribution in [0, 0.1) is 16.2 Å². The Hall–Kier alpha value is -12.9. The van der Waals surface area contributed by atoms with Gasteiger partial charge in [-0.25, -0.2) is 9.59 Å². The van der Waals surface area contributed by atoms with Crippen molar-refractivity contribution in [3.8, 4) is 18.0 Å². The molecule has 0 spiro atoms. The standard InChI is InChI=1S/2C27H29ClF3N7O4.C26H29ClF3N7O2/c2*1-16(32)4-2-3-5-21(23(40)41)35-22(39)18-8-12-20(13-9-18)34-25-36-24(33-14-17-6-10-19(28)11-7-17)37-26(38-25)42-15-27(29,30)31;1-17(31)5-3-2-4-14-32-22(38)19-8-12-21(13-9-19)34-24-35-23(33-15-18-6-10-20(27)11-7-18)36-25(37-24)39-16-26(28,29)30/h2*6-13,21,32H,2-5,14-15H2,1H3,(H,35,39)(H,40,41)(H2,33,34,36,37,38);6-13,31H,2-5,14-16H2,1H3,(H,32,38)(H2,33,34,35,36,37)/t2*21-;/m10./s1. The predicted molar refractivity (Wildman–Crippen MR) is 445 cm³/mol. The highest BCUT2D eigenvalue weighted by Gasteiger charge is 2.32. The Bertz CT molecular complexity index is 4750. The van der Waals surface area contributed by atoms with Gasteiger partial charge in [-0.05, 0) is 204 Å². The fourth-order valence-corrected chi connectivity index (χ4v) is 10.8. The average Bonchev–Trinajstić information content (AvgIpc) is 0.847. The summed E-state index contributed by atoms with van der Waals surface area (Å²) in [5.74, 6) is -4.10. The molecule has 2 atom stereocenters. The van der Waals surface area contributed by atoms with Crippen LogP contribution in [0.4, 0.5) is 92.3 Å². The summed E-state index contributed by atoms with van der Waals surface area (Å²) in [6.07, 6.45) is -6.40. The fraction of sp³-hybridized carbons (Fsp3) is 0.338. The first-order valence-corrected chi connectivity index (χ1v) is 38.9. The molecule has 656 valence electrons. The number of carbonyl (C=O) groups excluding carboxylic acids is 3. The first-order valence-electron chi connectivity index (χ1n) is 37.7. The molecule has 3 amide bonds. The number of carboxylic acid groups (broad SMARTS) is 2. The summed E-state index contributed by atoms with van der Waals surface area (Å²) in [4.78, 5) is 96.8. The van der Waals surface area contributed by atoms with Crippen LogP contribution < -0.4 is 62.1 Å². The lowest BCUT2D eigenvalue weighted by Crippen LogP contribution is -2.40. The molecule has 31 nitrogen and oxygen atoms in total. The highest BCUT2D eigenvalue weighted by atomic mass is 35.5. The van der Waals surface area contributed by atoms with Gasteiger partial charge in [-0.2, -0.15) is 84.4 Å². The van der Waals surface area contributed by atoms with Crippen LogP contribution in [-0.2, 0) is 29.2 Å². The van der Waals surface area contributed by atoms with Crippen LogP contribution in [0.2, 0.25) is 15.1 Å². The van der Waals surface area contributed by atoms with Crippen molar-refractivity contribution in [3.63, 3.8) is 0 Å². The van der Waals surface area contributed by atoms with Crippen molar-refractivity contribution >= 4 is 134 Å². The number of rotatable bonds is 44. The number of amides is 3. The van der Waals surface area contributed by atoms with Crippen LogP contribution in [0.1, 0.15) is 146 Å². The summed E-state index contributed by atoms with van der Waals surface area (Å²) in [5, 5.41) is 68.0. The molecule has 43 heteroatoms. The Morgan fingerprint density at radius 3 is 0.902 bits per heavy atom. The summed E-state index contributed by atoms with van der Waals surface area (Å²) < 4.78 is 128. The van der Waals surface area contributed by atoms with E-state index in [4.69, 9.17) is 65.2 Å². The summed E-state index contributed by atoms with van der Waals surface area (Å²) in [5.41, 5.74) is 6.26. The monoisotopic (exact) mass is 1780 g/mol. The number of aliphatic carboxylic acids is 2. The Labute approximate surface area is 714 Å². The van der Waals surface area contributed by atoms with E-state index >= 15 is 0 Å². The number of alkyl halides is 9. The molecule has 0 aliphatic carbocycles. The quantitative estimate of drug-likeness (QED) is 0.00958. The molecule has 3 aromatic heterocycles. The maximum absolute atomic E-state index is 12.7. The van der Waals surface area contributed by atoms with Crippen molar-refractivity contribution in [2.45, 2.75) is 148 Å². The van der Waals surface area contributed by atoms with Crippen molar-refractivity contribution < 1.29 is 87.9 Å². The van der Waals surface area contributed by atoms with E-state index in [0.29, 0.717) is 99.9 Å². The second kappa shape index (κ2) is 48.6. The van der Waals surface area contributed by atoms with E-state index in [9.17, 15) is 73.7 Å². The molecule has 0 saturated carbocycles. The summed E-state index contributed by atoms with van der Waals surface area (Å²) in [6.45, 7) is 1.67. The number of carbonyl (C=O) groups is 5. The minimum atomic E-state index is -4.60. The summed E-state index contributed by atoms with van der Waals surface area (Å²) in [6, 6.07) is 35.2. The molecule has 0 aliphatic rings. The normalized spacial score (nSPS) is 11.6. The van der Waals surface area contributed by atoms with Crippen molar-refractivity contribution in [3.05, 3.63) is 194 Å². The van der Waals surface area contributed by atoms with Crippen LogP contribution in [0.3, 0.4) is 0 Å². The number of benzene rings is 6. The van der Waals surface area contributed by atoms with Gasteiger partial charge in [0.1, 0.15) is 12.1 Å². The first kappa shape index (κ1) is 97.3. The van der Waals surface area contributed by atoms with E-state index in [0.717, 1.165) is 42.4 Å². The van der Waals surface area contributed by atoms with Crippen molar-refractivity contribution in [2.75, 3.05) is 58.3 Å². The van der Waals surface area contributed by atoms with E-state index in [-0.39, 0.29) is 85.2 Å². The van der Waals surface area contributed by atoms with Gasteiger partial charge in [0.2, 0.25) is 35.7 Å². The predicted octanol–water partition coefficient (Wildman–Crippen LogP) is 17.4. The van der Waals surface area contributed by atoms with E-state index in [1.165, 1.54) is 48.5 Å². The lowest BCUT2D eigenvalue weighted by molar-refractivity contribution is -0.155. The Morgan fingerprint density at radius 2 is 0.634 bits per heavy atom. The van der Waals surface area contributed by atoms with Gasteiger partial charge in [-0.15, -0.1) is 0 Å². The summed E-state index contributed by atoms with van der Waals surface area (Å²) in [7, 11) is 0. The van der Waals surface area contributed by atoms with Crippen LogP contribution in [0.5, 0.6) is 18.0 Å². The molecule has 9 rings (SSSR count). The van der Waals surface area contributed by atoms with Crippen molar-refractivity contribution in [2.24, 2.45) is 0 Å². The maximum Gasteiger partial charge on any atom is 0.422 e. The van der Waals surface area contributed by atoms with Gasteiger partial charge in [-0.3, -0.25) is 14.4 Å². The van der Waals surface area contributed by atoms with Crippen molar-refractivity contribution in [1.82, 2.24) is 60.8 Å². The number of aromatic nitrogens is 9. The largest absolute Gasteiger partial charge is 0.480 e. The Balaban J connectivity index is 0.000000254. The fourth-order valence-electron chi connectivity index (χ4n) is 10.4. The molecule has 0 aliphatic heterocycles. The van der Waals surface area contributed by atoms with Crippen LogP contribution in [-0.4, -0.2) is 159 Å². The number of carboxylic acids is 2. The van der Waals surface area contributed by atoms with Crippen LogP contribution in [0.15, 0.2) is 146 Å². The smallest absolute Gasteiger partial charge is 0.422 e. The molecule has 0 bridgehead atoms. The lowest BCUT2D eigenvalue weighted by Gasteiger charge is -2.15. The number of anilines is 9. The molecule has 6 aromatic carbocycles.